The minimum atomic E-state index is -3.73. The molecule has 1 amide bonds. The van der Waals surface area contributed by atoms with Crippen molar-refractivity contribution in [3.05, 3.63) is 46.0 Å². The molecule has 2 N–H and O–H groups in total. The first-order valence-corrected chi connectivity index (χ1v) is 9.12. The quantitative estimate of drug-likeness (QED) is 0.692. The number of rotatable bonds is 5. The monoisotopic (exact) mass is 446 g/mol. The maximum atomic E-state index is 12.4. The van der Waals surface area contributed by atoms with Crippen molar-refractivity contribution in [2.24, 2.45) is 0 Å². The summed E-state index contributed by atoms with van der Waals surface area (Å²) in [6.45, 7) is 1.39. The zero-order valence-electron chi connectivity index (χ0n) is 12.5. The average Bonchev–Trinajstić information content (AvgIpc) is 2.46. The highest BCUT2D eigenvalue weighted by Crippen LogP contribution is 2.25. The van der Waals surface area contributed by atoms with Gasteiger partial charge in [0.05, 0.1) is 21.3 Å². The summed E-state index contributed by atoms with van der Waals surface area (Å²) in [5, 5.41) is 2.60. The summed E-state index contributed by atoms with van der Waals surface area (Å²) in [6, 6.07) is 11.1. The molecule has 6 nitrogen and oxygen atoms in total. The van der Waals surface area contributed by atoms with E-state index in [-0.39, 0.29) is 10.8 Å². The summed E-state index contributed by atoms with van der Waals surface area (Å²) >= 11 is 2.01. The van der Waals surface area contributed by atoms with Gasteiger partial charge in [-0.2, -0.15) is 0 Å². The van der Waals surface area contributed by atoms with Crippen LogP contribution in [0.1, 0.15) is 6.92 Å². The van der Waals surface area contributed by atoms with Gasteiger partial charge in [0.1, 0.15) is 5.75 Å². The lowest BCUT2D eigenvalue weighted by atomic mass is 10.3. The Kier molecular flexibility index (Phi) is 5.47. The SMILES string of the molecule is COc1ccc(S(=O)(=O)Nc2cccc(NC(C)=O)c2)cc1I. The number of nitrogens with one attached hydrogen (secondary N) is 2. The minimum absolute atomic E-state index is 0.132. The van der Waals surface area contributed by atoms with Crippen LogP contribution in [0, 0.1) is 3.57 Å². The number of benzene rings is 2. The number of hydrogen-bond acceptors (Lipinski definition) is 4. The summed E-state index contributed by atoms with van der Waals surface area (Å²) in [5.74, 6) is 0.381. The fourth-order valence-corrected chi connectivity index (χ4v) is 3.91. The van der Waals surface area contributed by atoms with E-state index in [0.717, 1.165) is 0 Å². The number of carbonyl (C=O) groups excluding carboxylic acids is 1. The third-order valence-electron chi connectivity index (χ3n) is 2.87. The number of hydrogen-bond donors (Lipinski definition) is 2. The summed E-state index contributed by atoms with van der Waals surface area (Å²) < 4.78 is 33.2. The third-order valence-corrected chi connectivity index (χ3v) is 5.09. The fourth-order valence-electron chi connectivity index (χ4n) is 1.89. The van der Waals surface area contributed by atoms with E-state index in [9.17, 15) is 13.2 Å². The van der Waals surface area contributed by atoms with Gasteiger partial charge in [0.15, 0.2) is 0 Å². The van der Waals surface area contributed by atoms with Gasteiger partial charge in [0.2, 0.25) is 5.91 Å². The van der Waals surface area contributed by atoms with Crippen LogP contribution in [0.4, 0.5) is 11.4 Å². The van der Waals surface area contributed by atoms with Crippen LogP contribution in [-0.2, 0) is 14.8 Å². The molecule has 2 aromatic rings. The van der Waals surface area contributed by atoms with Crippen LogP contribution in [0.2, 0.25) is 0 Å². The van der Waals surface area contributed by atoms with E-state index in [0.29, 0.717) is 20.7 Å². The maximum absolute atomic E-state index is 12.4. The zero-order chi connectivity index (χ0) is 17.0. The molecule has 2 aromatic carbocycles. The number of sulfonamides is 1. The highest BCUT2D eigenvalue weighted by atomic mass is 127. The zero-order valence-corrected chi connectivity index (χ0v) is 15.4. The molecule has 0 bridgehead atoms. The molecule has 0 aromatic heterocycles. The summed E-state index contributed by atoms with van der Waals surface area (Å²) in [5.41, 5.74) is 0.879. The molecule has 122 valence electrons. The Bertz CT molecular complexity index is 837. The molecule has 0 atom stereocenters. The molecule has 8 heteroatoms. The summed E-state index contributed by atoms with van der Waals surface area (Å²) in [6.07, 6.45) is 0. The van der Waals surface area contributed by atoms with Gasteiger partial charge >= 0.3 is 0 Å². The van der Waals surface area contributed by atoms with Crippen molar-refractivity contribution >= 4 is 49.9 Å². The third kappa shape index (κ3) is 4.58. The molecule has 0 radical (unpaired) electrons. The van der Waals surface area contributed by atoms with Crippen LogP contribution in [0.3, 0.4) is 0 Å². The molecule has 0 saturated heterocycles. The van der Waals surface area contributed by atoms with Crippen molar-refractivity contribution in [1.29, 1.82) is 0 Å². The van der Waals surface area contributed by atoms with Crippen LogP contribution in [0.5, 0.6) is 5.75 Å². The Labute approximate surface area is 148 Å². The second-order valence-electron chi connectivity index (χ2n) is 4.66. The van der Waals surface area contributed by atoms with Crippen molar-refractivity contribution in [2.75, 3.05) is 17.1 Å². The lowest BCUT2D eigenvalue weighted by molar-refractivity contribution is -0.114. The van der Waals surface area contributed by atoms with Gasteiger partial charge in [0, 0.05) is 12.6 Å². The lowest BCUT2D eigenvalue weighted by Gasteiger charge is -2.11. The summed E-state index contributed by atoms with van der Waals surface area (Å²) in [4.78, 5) is 11.2. The average molecular weight is 446 g/mol. The molecule has 0 spiro atoms. The molecule has 0 aliphatic heterocycles. The lowest BCUT2D eigenvalue weighted by Crippen LogP contribution is -2.13. The summed E-state index contributed by atoms with van der Waals surface area (Å²) in [7, 11) is -2.20. The van der Waals surface area contributed by atoms with Crippen LogP contribution in [0.25, 0.3) is 0 Å². The molecule has 0 aliphatic carbocycles. The molecular weight excluding hydrogens is 431 g/mol. The van der Waals surface area contributed by atoms with Gasteiger partial charge in [-0.1, -0.05) is 6.07 Å². The van der Waals surface area contributed by atoms with Crippen molar-refractivity contribution in [2.45, 2.75) is 11.8 Å². The molecule has 0 fully saturated rings. The highest BCUT2D eigenvalue weighted by molar-refractivity contribution is 14.1. The van der Waals surface area contributed by atoms with Crippen LogP contribution < -0.4 is 14.8 Å². The van der Waals surface area contributed by atoms with E-state index in [2.05, 4.69) is 10.0 Å². The van der Waals surface area contributed by atoms with E-state index in [1.807, 2.05) is 22.6 Å². The van der Waals surface area contributed by atoms with Crippen LogP contribution in [0.15, 0.2) is 47.4 Å². The molecule has 23 heavy (non-hydrogen) atoms. The van der Waals surface area contributed by atoms with Crippen LogP contribution in [-0.4, -0.2) is 21.4 Å². The van der Waals surface area contributed by atoms with Crippen molar-refractivity contribution < 1.29 is 17.9 Å². The van der Waals surface area contributed by atoms with E-state index in [1.165, 1.54) is 26.2 Å². The smallest absolute Gasteiger partial charge is 0.261 e. The topological polar surface area (TPSA) is 84.5 Å². The van der Waals surface area contributed by atoms with E-state index < -0.39 is 10.0 Å². The van der Waals surface area contributed by atoms with Gasteiger partial charge in [-0.15, -0.1) is 0 Å². The Balaban J connectivity index is 2.27. The largest absolute Gasteiger partial charge is 0.496 e. The number of ether oxygens (including phenoxy) is 1. The minimum Gasteiger partial charge on any atom is -0.496 e. The first kappa shape index (κ1) is 17.5. The maximum Gasteiger partial charge on any atom is 0.261 e. The number of amides is 1. The highest BCUT2D eigenvalue weighted by Gasteiger charge is 2.16. The predicted octanol–water partition coefficient (Wildman–Crippen LogP) is 3.06. The van der Waals surface area contributed by atoms with Crippen molar-refractivity contribution in [1.82, 2.24) is 0 Å². The predicted molar refractivity (Wildman–Crippen MR) is 97.3 cm³/mol. The first-order chi connectivity index (χ1) is 10.8. The standard InChI is InChI=1S/C15H15IN2O4S/c1-10(19)17-11-4-3-5-12(8-11)18-23(20,21)13-6-7-15(22-2)14(16)9-13/h3-9,18H,1-2H3,(H,17,19). The fraction of sp³-hybridized carbons (Fsp3) is 0.133. The normalized spacial score (nSPS) is 10.9. The van der Waals surface area contributed by atoms with Crippen molar-refractivity contribution in [3.8, 4) is 5.75 Å². The second-order valence-corrected chi connectivity index (χ2v) is 7.51. The van der Waals surface area contributed by atoms with Crippen molar-refractivity contribution in [3.63, 3.8) is 0 Å². The van der Waals surface area contributed by atoms with Gasteiger partial charge in [-0.3, -0.25) is 9.52 Å². The Morgan fingerprint density at radius 2 is 1.83 bits per heavy atom. The molecule has 0 heterocycles. The Morgan fingerprint density at radius 1 is 1.13 bits per heavy atom. The number of carbonyl (C=O) groups is 1. The molecular formula is C15H15IN2O4S. The van der Waals surface area contributed by atoms with Crippen LogP contribution >= 0.6 is 22.6 Å². The van der Waals surface area contributed by atoms with E-state index in [1.54, 1.807) is 30.3 Å². The number of halogens is 1. The molecule has 0 aliphatic rings. The number of anilines is 2. The molecule has 2 rings (SSSR count). The van der Waals surface area contributed by atoms with Gasteiger partial charge < -0.3 is 10.1 Å². The van der Waals surface area contributed by atoms with Gasteiger partial charge in [-0.25, -0.2) is 8.42 Å². The van der Waals surface area contributed by atoms with E-state index >= 15 is 0 Å². The first-order valence-electron chi connectivity index (χ1n) is 6.56. The second kappa shape index (κ2) is 7.18. The van der Waals surface area contributed by atoms with Gasteiger partial charge in [-0.05, 0) is 59.0 Å². The molecule has 0 unspecified atom stereocenters. The number of methoxy groups -OCH3 is 1. The molecule has 0 saturated carbocycles. The van der Waals surface area contributed by atoms with Gasteiger partial charge in [0.25, 0.3) is 10.0 Å². The van der Waals surface area contributed by atoms with E-state index in [4.69, 9.17) is 4.74 Å². The Hall–Kier alpha value is -1.81. The Morgan fingerprint density at radius 3 is 2.43 bits per heavy atom.